The van der Waals surface area contributed by atoms with Crippen LogP contribution in [0.1, 0.15) is 19.4 Å². The van der Waals surface area contributed by atoms with Crippen molar-refractivity contribution in [3.8, 4) is 0 Å². The minimum atomic E-state index is 0.751. The van der Waals surface area contributed by atoms with Crippen LogP contribution >= 0.6 is 0 Å². The van der Waals surface area contributed by atoms with Crippen LogP contribution in [0.4, 0.5) is 11.4 Å². The van der Waals surface area contributed by atoms with Crippen LogP contribution in [0.3, 0.4) is 0 Å². The molecule has 1 aromatic carbocycles. The van der Waals surface area contributed by atoms with Crippen molar-refractivity contribution in [1.82, 2.24) is 0 Å². The van der Waals surface area contributed by atoms with Gasteiger partial charge in [-0.25, -0.2) is 4.85 Å². The Kier molecular flexibility index (Phi) is 3.53. The Labute approximate surface area is 86.0 Å². The lowest BCUT2D eigenvalue weighted by atomic mass is 10.1. The summed E-state index contributed by atoms with van der Waals surface area (Å²) in [5.41, 5.74) is 3.02. The van der Waals surface area contributed by atoms with Crippen molar-refractivity contribution in [3.63, 3.8) is 0 Å². The quantitative estimate of drug-likeness (QED) is 0.660. The molecule has 0 bridgehead atoms. The third-order valence-corrected chi connectivity index (χ3v) is 2.43. The number of nitrogens with zero attached hydrogens (tertiary/aromatic N) is 2. The van der Waals surface area contributed by atoms with Gasteiger partial charge in [-0.2, -0.15) is 0 Å². The minimum absolute atomic E-state index is 0.751. The first-order chi connectivity index (χ1) is 6.72. The molecule has 0 radical (unpaired) electrons. The molecule has 0 aliphatic heterocycles. The maximum absolute atomic E-state index is 6.96. The molecule has 2 heteroatoms. The summed E-state index contributed by atoms with van der Waals surface area (Å²) in [7, 11) is 0. The van der Waals surface area contributed by atoms with Gasteiger partial charge in [0.05, 0.1) is 6.57 Å². The summed E-state index contributed by atoms with van der Waals surface area (Å²) >= 11 is 0. The summed E-state index contributed by atoms with van der Waals surface area (Å²) in [5, 5.41) is 0. The molecule has 1 rings (SSSR count). The highest BCUT2D eigenvalue weighted by atomic mass is 15.1. The largest absolute Gasteiger partial charge is 0.372 e. The molecule has 0 N–H and O–H groups in total. The van der Waals surface area contributed by atoms with Crippen LogP contribution in [-0.4, -0.2) is 13.1 Å². The van der Waals surface area contributed by atoms with Crippen molar-refractivity contribution in [2.24, 2.45) is 0 Å². The van der Waals surface area contributed by atoms with E-state index in [1.54, 1.807) is 0 Å². The molecular formula is C12H16N2. The molecule has 74 valence electrons. The first kappa shape index (κ1) is 10.6. The Morgan fingerprint density at radius 3 is 2.36 bits per heavy atom. The number of hydrogen-bond acceptors (Lipinski definition) is 1. The van der Waals surface area contributed by atoms with Gasteiger partial charge in [0, 0.05) is 18.8 Å². The van der Waals surface area contributed by atoms with Crippen molar-refractivity contribution in [2.75, 3.05) is 18.0 Å². The summed E-state index contributed by atoms with van der Waals surface area (Å²) in [5.74, 6) is 0. The zero-order chi connectivity index (χ0) is 10.6. The molecule has 0 amide bonds. The van der Waals surface area contributed by atoms with E-state index in [4.69, 9.17) is 6.57 Å². The Morgan fingerprint density at radius 2 is 1.93 bits per heavy atom. The van der Waals surface area contributed by atoms with Gasteiger partial charge in [-0.05, 0) is 38.5 Å². The second kappa shape index (κ2) is 4.66. The average Bonchev–Trinajstić information content (AvgIpc) is 2.20. The van der Waals surface area contributed by atoms with E-state index in [-0.39, 0.29) is 0 Å². The maximum Gasteiger partial charge on any atom is 0.190 e. The van der Waals surface area contributed by atoms with Crippen LogP contribution in [0.2, 0.25) is 0 Å². The lowest BCUT2D eigenvalue weighted by Gasteiger charge is -2.21. The maximum atomic E-state index is 6.96. The third kappa shape index (κ3) is 2.05. The second-order valence-electron chi connectivity index (χ2n) is 3.25. The smallest absolute Gasteiger partial charge is 0.190 e. The van der Waals surface area contributed by atoms with Crippen LogP contribution < -0.4 is 4.90 Å². The van der Waals surface area contributed by atoms with Gasteiger partial charge >= 0.3 is 0 Å². The van der Waals surface area contributed by atoms with E-state index in [1.165, 1.54) is 5.69 Å². The highest BCUT2D eigenvalue weighted by Gasteiger charge is 2.03. The fraction of sp³-hybridized carbons (Fsp3) is 0.417. The number of rotatable bonds is 3. The highest BCUT2D eigenvalue weighted by molar-refractivity contribution is 5.60. The van der Waals surface area contributed by atoms with Crippen molar-refractivity contribution in [1.29, 1.82) is 0 Å². The van der Waals surface area contributed by atoms with Gasteiger partial charge in [-0.15, -0.1) is 0 Å². The lowest BCUT2D eigenvalue weighted by Crippen LogP contribution is -2.21. The molecule has 0 spiro atoms. The Balaban J connectivity index is 3.02. The molecule has 0 saturated carbocycles. The Bertz CT molecular complexity index is 346. The Morgan fingerprint density at radius 1 is 1.29 bits per heavy atom. The van der Waals surface area contributed by atoms with Crippen LogP contribution in [0.15, 0.2) is 18.2 Å². The first-order valence-electron chi connectivity index (χ1n) is 4.96. The van der Waals surface area contributed by atoms with E-state index in [0.29, 0.717) is 0 Å². The predicted molar refractivity (Wildman–Crippen MR) is 61.0 cm³/mol. The van der Waals surface area contributed by atoms with Crippen molar-refractivity contribution >= 4 is 11.4 Å². The first-order valence-corrected chi connectivity index (χ1v) is 4.96. The summed E-state index contributed by atoms with van der Waals surface area (Å²) < 4.78 is 0. The number of benzene rings is 1. The van der Waals surface area contributed by atoms with Gasteiger partial charge in [0.2, 0.25) is 0 Å². The zero-order valence-electron chi connectivity index (χ0n) is 9.04. The molecule has 0 aliphatic carbocycles. The average molecular weight is 188 g/mol. The molecule has 0 unspecified atom stereocenters. The van der Waals surface area contributed by atoms with Crippen LogP contribution in [0, 0.1) is 13.5 Å². The molecule has 0 heterocycles. The van der Waals surface area contributed by atoms with E-state index < -0.39 is 0 Å². The Hall–Kier alpha value is -1.49. The second-order valence-corrected chi connectivity index (χ2v) is 3.25. The van der Waals surface area contributed by atoms with Gasteiger partial charge in [0.1, 0.15) is 0 Å². The molecular weight excluding hydrogens is 172 g/mol. The lowest BCUT2D eigenvalue weighted by molar-refractivity contribution is 0.866. The number of aryl methyl sites for hydroxylation is 1. The molecule has 0 atom stereocenters. The van der Waals surface area contributed by atoms with Crippen LogP contribution in [-0.2, 0) is 0 Å². The highest BCUT2D eigenvalue weighted by Crippen LogP contribution is 2.24. The van der Waals surface area contributed by atoms with Crippen LogP contribution in [0.25, 0.3) is 4.85 Å². The van der Waals surface area contributed by atoms with Gasteiger partial charge in [0.25, 0.3) is 0 Å². The summed E-state index contributed by atoms with van der Waals surface area (Å²) in [6.07, 6.45) is 0. The van der Waals surface area contributed by atoms with Crippen LogP contribution in [0.5, 0.6) is 0 Å². The zero-order valence-corrected chi connectivity index (χ0v) is 9.04. The van der Waals surface area contributed by atoms with Gasteiger partial charge in [-0.3, -0.25) is 0 Å². The van der Waals surface area contributed by atoms with E-state index in [0.717, 1.165) is 24.3 Å². The van der Waals surface area contributed by atoms with E-state index >= 15 is 0 Å². The van der Waals surface area contributed by atoms with Crippen molar-refractivity contribution in [3.05, 3.63) is 35.2 Å². The van der Waals surface area contributed by atoms with Gasteiger partial charge < -0.3 is 4.90 Å². The van der Waals surface area contributed by atoms with E-state index in [1.807, 2.05) is 19.1 Å². The normalized spacial score (nSPS) is 9.57. The van der Waals surface area contributed by atoms with Crippen molar-refractivity contribution < 1.29 is 0 Å². The fourth-order valence-corrected chi connectivity index (χ4v) is 1.55. The molecule has 0 fully saturated rings. The molecule has 0 saturated heterocycles. The van der Waals surface area contributed by atoms with E-state index in [2.05, 4.69) is 29.7 Å². The monoisotopic (exact) mass is 188 g/mol. The molecule has 1 aromatic rings. The van der Waals surface area contributed by atoms with E-state index in [9.17, 15) is 0 Å². The molecule has 0 aromatic heterocycles. The number of anilines is 1. The third-order valence-electron chi connectivity index (χ3n) is 2.43. The topological polar surface area (TPSA) is 7.60 Å². The minimum Gasteiger partial charge on any atom is -0.372 e. The standard InChI is InChI=1S/C12H16N2/c1-5-14(6-2)11-7-8-12(13-4)10(3)9-11/h7-9H,5-6H2,1-3H3. The summed E-state index contributed by atoms with van der Waals surface area (Å²) in [6.45, 7) is 15.2. The van der Waals surface area contributed by atoms with Gasteiger partial charge in [0.15, 0.2) is 5.69 Å². The molecule has 14 heavy (non-hydrogen) atoms. The molecule has 0 aliphatic rings. The molecule has 2 nitrogen and oxygen atoms in total. The van der Waals surface area contributed by atoms with Crippen molar-refractivity contribution in [2.45, 2.75) is 20.8 Å². The summed E-state index contributed by atoms with van der Waals surface area (Å²) in [6, 6.07) is 6.00. The fourth-order valence-electron chi connectivity index (χ4n) is 1.55. The van der Waals surface area contributed by atoms with Gasteiger partial charge in [-0.1, -0.05) is 6.07 Å². The summed E-state index contributed by atoms with van der Waals surface area (Å²) in [4.78, 5) is 5.73. The predicted octanol–water partition coefficient (Wildman–Crippen LogP) is 3.39. The number of hydrogen-bond donors (Lipinski definition) is 0. The SMILES string of the molecule is [C-]#[N+]c1ccc(N(CC)CC)cc1C.